The molecular formula is C15H18N2OS. The first-order chi connectivity index (χ1) is 8.99. The Bertz CT molecular complexity index is 543. The number of carbonyl (C=O) groups is 1. The van der Waals surface area contributed by atoms with Crippen molar-refractivity contribution < 1.29 is 4.79 Å². The highest BCUT2D eigenvalue weighted by Gasteiger charge is 2.13. The van der Waals surface area contributed by atoms with Crippen LogP contribution in [0.4, 0.5) is 0 Å². The van der Waals surface area contributed by atoms with Crippen LogP contribution < -0.4 is 5.32 Å². The lowest BCUT2D eigenvalue weighted by molar-refractivity contribution is -0.107. The minimum atomic E-state index is -0.205. The van der Waals surface area contributed by atoms with Crippen molar-refractivity contribution in [3.63, 3.8) is 0 Å². The van der Waals surface area contributed by atoms with Crippen LogP contribution in [0.2, 0.25) is 0 Å². The first kappa shape index (κ1) is 15.3. The second-order valence-corrected chi connectivity index (χ2v) is 5.16. The number of nitrogens with one attached hydrogen (secondary N) is 1. The summed E-state index contributed by atoms with van der Waals surface area (Å²) in [5.41, 5.74) is 3.13. The molecule has 0 radical (unpaired) electrons. The van der Waals surface area contributed by atoms with Crippen molar-refractivity contribution in [3.05, 3.63) is 46.7 Å². The molecule has 100 valence electrons. The van der Waals surface area contributed by atoms with Gasteiger partial charge in [-0.2, -0.15) is 5.26 Å². The van der Waals surface area contributed by atoms with Crippen LogP contribution in [-0.2, 0) is 4.79 Å². The summed E-state index contributed by atoms with van der Waals surface area (Å²) < 4.78 is 0. The van der Waals surface area contributed by atoms with Crippen LogP contribution in [0.25, 0.3) is 0 Å². The van der Waals surface area contributed by atoms with Gasteiger partial charge in [-0.25, -0.2) is 0 Å². The molecule has 1 N–H and O–H groups in total. The maximum absolute atomic E-state index is 11.6. The van der Waals surface area contributed by atoms with E-state index < -0.39 is 0 Å². The fourth-order valence-electron chi connectivity index (χ4n) is 1.80. The van der Waals surface area contributed by atoms with Gasteiger partial charge >= 0.3 is 0 Å². The first-order valence-electron chi connectivity index (χ1n) is 6.02. The van der Waals surface area contributed by atoms with Gasteiger partial charge in [-0.3, -0.25) is 4.79 Å². The number of thioether (sulfide) groups is 1. The molecule has 0 bridgehead atoms. The van der Waals surface area contributed by atoms with Gasteiger partial charge in [0.1, 0.15) is 11.6 Å². The predicted molar refractivity (Wildman–Crippen MR) is 79.6 cm³/mol. The van der Waals surface area contributed by atoms with E-state index in [-0.39, 0.29) is 16.7 Å². The van der Waals surface area contributed by atoms with Crippen molar-refractivity contribution in [3.8, 4) is 6.07 Å². The Hall–Kier alpha value is -1.73. The summed E-state index contributed by atoms with van der Waals surface area (Å²) in [6.45, 7) is 5.81. The van der Waals surface area contributed by atoms with Gasteiger partial charge in [0.2, 0.25) is 5.12 Å². The van der Waals surface area contributed by atoms with Crippen molar-refractivity contribution in [2.45, 2.75) is 26.8 Å². The molecule has 0 aliphatic rings. The topological polar surface area (TPSA) is 52.9 Å². The van der Waals surface area contributed by atoms with Crippen molar-refractivity contribution in [1.29, 1.82) is 5.26 Å². The summed E-state index contributed by atoms with van der Waals surface area (Å²) in [6, 6.07) is 10.2. The molecule has 1 atom stereocenters. The lowest BCUT2D eigenvalue weighted by Gasteiger charge is -2.17. The third kappa shape index (κ3) is 4.15. The molecule has 4 heteroatoms. The van der Waals surface area contributed by atoms with Gasteiger partial charge < -0.3 is 5.32 Å². The Morgan fingerprint density at radius 3 is 2.68 bits per heavy atom. The molecule has 1 aromatic carbocycles. The Morgan fingerprint density at radius 1 is 1.47 bits per heavy atom. The van der Waals surface area contributed by atoms with E-state index in [1.807, 2.05) is 38.1 Å². The largest absolute Gasteiger partial charge is 0.381 e. The molecule has 1 aromatic rings. The molecule has 1 unspecified atom stereocenters. The van der Waals surface area contributed by atoms with Gasteiger partial charge in [0.25, 0.3) is 0 Å². The number of carbonyl (C=O) groups excluding carboxylic acids is 1. The molecule has 1 rings (SSSR count). The molecular weight excluding hydrogens is 256 g/mol. The minimum Gasteiger partial charge on any atom is -0.381 e. The third-order valence-electron chi connectivity index (χ3n) is 2.85. The molecule has 0 amide bonds. The molecule has 0 fully saturated rings. The molecule has 19 heavy (non-hydrogen) atoms. The number of hydrogen-bond donors (Lipinski definition) is 1. The standard InChI is InChI=1S/C15H18N2OS/c1-10-6-5-7-13(8-10)11(2)17-12(3)14(9-16)15(18)19-4/h5-8,11,17H,1-4H3. The number of hydrogen-bond acceptors (Lipinski definition) is 4. The van der Waals surface area contributed by atoms with E-state index in [9.17, 15) is 4.79 Å². The van der Waals surface area contributed by atoms with Gasteiger partial charge in [-0.1, -0.05) is 41.6 Å². The van der Waals surface area contributed by atoms with Crippen LogP contribution in [0.1, 0.15) is 31.0 Å². The fourth-order valence-corrected chi connectivity index (χ4v) is 2.21. The number of rotatable bonds is 4. The molecule has 0 saturated carbocycles. The highest BCUT2D eigenvalue weighted by Crippen LogP contribution is 2.17. The summed E-state index contributed by atoms with van der Waals surface area (Å²) in [6.07, 6.45) is 1.68. The van der Waals surface area contributed by atoms with E-state index >= 15 is 0 Å². The zero-order chi connectivity index (χ0) is 14.4. The van der Waals surface area contributed by atoms with Crippen LogP contribution in [-0.4, -0.2) is 11.4 Å². The third-order valence-corrected chi connectivity index (χ3v) is 3.43. The number of allylic oxidation sites excluding steroid dienone is 1. The monoisotopic (exact) mass is 274 g/mol. The quantitative estimate of drug-likeness (QED) is 0.676. The average molecular weight is 274 g/mol. The molecule has 0 spiro atoms. The number of benzene rings is 1. The lowest BCUT2D eigenvalue weighted by atomic mass is 10.1. The van der Waals surface area contributed by atoms with Gasteiger partial charge in [0, 0.05) is 11.7 Å². The number of nitrogens with zero attached hydrogens (tertiary/aromatic N) is 1. The lowest BCUT2D eigenvalue weighted by Crippen LogP contribution is -2.19. The SMILES string of the molecule is CSC(=O)C(C#N)=C(C)NC(C)c1cccc(C)c1. The van der Waals surface area contributed by atoms with Gasteiger partial charge in [0.15, 0.2) is 0 Å². The highest BCUT2D eigenvalue weighted by atomic mass is 32.2. The second kappa shape index (κ2) is 7.01. The Morgan fingerprint density at radius 2 is 2.16 bits per heavy atom. The summed E-state index contributed by atoms with van der Waals surface area (Å²) in [4.78, 5) is 11.6. The predicted octanol–water partition coefficient (Wildman–Crippen LogP) is 3.33. The van der Waals surface area contributed by atoms with E-state index in [0.29, 0.717) is 5.70 Å². The molecule has 0 saturated heterocycles. The molecule has 3 nitrogen and oxygen atoms in total. The number of aryl methyl sites for hydroxylation is 1. The van der Waals surface area contributed by atoms with Crippen LogP contribution in [0.15, 0.2) is 35.5 Å². The van der Waals surface area contributed by atoms with Crippen LogP contribution >= 0.6 is 11.8 Å². The maximum atomic E-state index is 11.6. The molecule has 0 heterocycles. The molecule has 0 aliphatic heterocycles. The number of nitriles is 1. The Kier molecular flexibility index (Phi) is 5.65. The van der Waals surface area contributed by atoms with Crippen molar-refractivity contribution in [1.82, 2.24) is 5.32 Å². The average Bonchev–Trinajstić information content (AvgIpc) is 2.39. The van der Waals surface area contributed by atoms with E-state index in [2.05, 4.69) is 11.4 Å². The smallest absolute Gasteiger partial charge is 0.231 e. The van der Waals surface area contributed by atoms with E-state index in [1.165, 1.54) is 5.56 Å². The normalized spacial score (nSPS) is 13.2. The summed E-state index contributed by atoms with van der Waals surface area (Å²) in [5.74, 6) is 0. The van der Waals surface area contributed by atoms with Gasteiger partial charge in [0.05, 0.1) is 0 Å². The van der Waals surface area contributed by atoms with Crippen LogP contribution in [0.3, 0.4) is 0 Å². The van der Waals surface area contributed by atoms with Crippen molar-refractivity contribution >= 4 is 16.9 Å². The summed E-state index contributed by atoms with van der Waals surface area (Å²) in [5, 5.41) is 12.1. The van der Waals surface area contributed by atoms with Crippen molar-refractivity contribution in [2.24, 2.45) is 0 Å². The Labute approximate surface area is 118 Å². The zero-order valence-corrected chi connectivity index (χ0v) is 12.5. The van der Waals surface area contributed by atoms with E-state index in [0.717, 1.165) is 17.3 Å². The zero-order valence-electron chi connectivity index (χ0n) is 11.7. The van der Waals surface area contributed by atoms with Gasteiger partial charge in [-0.15, -0.1) is 0 Å². The van der Waals surface area contributed by atoms with E-state index in [1.54, 1.807) is 13.2 Å². The van der Waals surface area contributed by atoms with Crippen molar-refractivity contribution in [2.75, 3.05) is 6.26 Å². The molecule has 0 aliphatic carbocycles. The van der Waals surface area contributed by atoms with E-state index in [4.69, 9.17) is 5.26 Å². The summed E-state index contributed by atoms with van der Waals surface area (Å²) in [7, 11) is 0. The van der Waals surface area contributed by atoms with Crippen LogP contribution in [0, 0.1) is 18.3 Å². The second-order valence-electron chi connectivity index (χ2n) is 4.38. The molecule has 0 aromatic heterocycles. The highest BCUT2D eigenvalue weighted by molar-refractivity contribution is 8.13. The van der Waals surface area contributed by atoms with Crippen LogP contribution in [0.5, 0.6) is 0 Å². The summed E-state index contributed by atoms with van der Waals surface area (Å²) >= 11 is 1.05. The maximum Gasteiger partial charge on any atom is 0.231 e. The first-order valence-corrected chi connectivity index (χ1v) is 7.24. The van der Waals surface area contributed by atoms with Gasteiger partial charge in [-0.05, 0) is 32.6 Å². The Balaban J connectivity index is 2.93. The minimum absolute atomic E-state index is 0.0536. The fraction of sp³-hybridized carbons (Fsp3) is 0.333.